The molecule has 1 fully saturated rings. The highest BCUT2D eigenvalue weighted by atomic mass is 32.2. The topological polar surface area (TPSA) is 78.7 Å². The third-order valence-electron chi connectivity index (χ3n) is 3.50. The van der Waals surface area contributed by atoms with Gasteiger partial charge in [0.2, 0.25) is 10.0 Å². The predicted octanol–water partition coefficient (Wildman–Crippen LogP) is 0.0787. The van der Waals surface area contributed by atoms with Gasteiger partial charge in [0.15, 0.2) is 5.96 Å². The highest BCUT2D eigenvalue weighted by Crippen LogP contribution is 2.12. The smallest absolute Gasteiger partial charge is 0.214 e. The van der Waals surface area contributed by atoms with Crippen molar-refractivity contribution in [2.24, 2.45) is 4.99 Å². The van der Waals surface area contributed by atoms with E-state index in [1.807, 2.05) is 31.5 Å². The second-order valence-corrected chi connectivity index (χ2v) is 7.27. The average Bonchev–Trinajstić information content (AvgIpc) is 3.09. The molecule has 0 unspecified atom stereocenters. The molecule has 22 heavy (non-hydrogen) atoms. The third kappa shape index (κ3) is 5.03. The quantitative estimate of drug-likeness (QED) is 0.549. The van der Waals surface area contributed by atoms with Gasteiger partial charge in [-0.05, 0) is 25.5 Å². The minimum atomic E-state index is -3.02. The Labute approximate surface area is 132 Å². The first kappa shape index (κ1) is 16.8. The molecular formula is C14H25N5O2S. The zero-order valence-electron chi connectivity index (χ0n) is 13.0. The van der Waals surface area contributed by atoms with Crippen molar-refractivity contribution >= 4 is 16.0 Å². The van der Waals surface area contributed by atoms with E-state index < -0.39 is 10.0 Å². The van der Waals surface area contributed by atoms with E-state index in [0.717, 1.165) is 32.0 Å². The van der Waals surface area contributed by atoms with E-state index >= 15 is 0 Å². The Morgan fingerprint density at radius 1 is 1.23 bits per heavy atom. The molecule has 0 atom stereocenters. The van der Waals surface area contributed by atoms with Gasteiger partial charge in [-0.1, -0.05) is 0 Å². The lowest BCUT2D eigenvalue weighted by molar-refractivity contribution is 0.452. The fraction of sp³-hybridized carbons (Fsp3) is 0.643. The fourth-order valence-corrected chi connectivity index (χ4v) is 3.90. The third-order valence-corrected chi connectivity index (χ3v) is 5.45. The second-order valence-electron chi connectivity index (χ2n) is 5.18. The summed E-state index contributed by atoms with van der Waals surface area (Å²) >= 11 is 0. The van der Waals surface area contributed by atoms with Crippen LogP contribution in [0.3, 0.4) is 0 Å². The molecule has 1 aromatic heterocycles. The number of aliphatic imine (C=N–C) groups is 1. The van der Waals surface area contributed by atoms with Crippen LogP contribution in [0.1, 0.15) is 13.3 Å². The number of rotatable bonds is 7. The van der Waals surface area contributed by atoms with E-state index in [1.165, 1.54) is 4.31 Å². The number of nitrogens with one attached hydrogen (secondary N) is 2. The first-order chi connectivity index (χ1) is 10.6. The van der Waals surface area contributed by atoms with Gasteiger partial charge in [0, 0.05) is 45.1 Å². The van der Waals surface area contributed by atoms with E-state index in [0.29, 0.717) is 19.6 Å². The van der Waals surface area contributed by atoms with E-state index in [2.05, 4.69) is 20.2 Å². The minimum Gasteiger partial charge on any atom is -0.357 e. The normalized spacial score (nSPS) is 18.5. The molecule has 0 bridgehead atoms. The van der Waals surface area contributed by atoms with Gasteiger partial charge in [0.25, 0.3) is 0 Å². The van der Waals surface area contributed by atoms with Crippen molar-refractivity contribution in [3.8, 4) is 0 Å². The Morgan fingerprint density at radius 3 is 2.64 bits per heavy atom. The maximum atomic E-state index is 11.7. The molecule has 1 aliphatic rings. The Hall–Kier alpha value is -1.54. The maximum Gasteiger partial charge on any atom is 0.214 e. The highest BCUT2D eigenvalue weighted by molar-refractivity contribution is 7.89. The molecule has 8 heteroatoms. The molecule has 0 spiro atoms. The standard InChI is InChI=1S/C14H25N5O2S/c1-2-15-14(16-6-11-18-8-3-4-9-18)17-7-12-19-10-5-13-22(19,20)21/h3-4,8-9H,2,5-7,10-13H2,1H3,(H2,15,16,17). The van der Waals surface area contributed by atoms with Crippen LogP contribution < -0.4 is 10.6 Å². The summed E-state index contributed by atoms with van der Waals surface area (Å²) < 4.78 is 27.0. The number of hydrogen-bond acceptors (Lipinski definition) is 3. The number of guanidine groups is 1. The van der Waals surface area contributed by atoms with Gasteiger partial charge >= 0.3 is 0 Å². The number of sulfonamides is 1. The molecule has 1 aromatic rings. The van der Waals surface area contributed by atoms with Crippen LogP contribution >= 0.6 is 0 Å². The monoisotopic (exact) mass is 327 g/mol. The summed E-state index contributed by atoms with van der Waals surface area (Å²) in [6.07, 6.45) is 4.76. The van der Waals surface area contributed by atoms with Crippen LogP contribution in [0, 0.1) is 0 Å². The summed E-state index contributed by atoms with van der Waals surface area (Å²) in [5.74, 6) is 0.998. The van der Waals surface area contributed by atoms with Crippen molar-refractivity contribution in [1.29, 1.82) is 0 Å². The van der Waals surface area contributed by atoms with E-state index in [9.17, 15) is 8.42 Å². The lowest BCUT2D eigenvalue weighted by Gasteiger charge is -2.14. The van der Waals surface area contributed by atoms with Crippen LogP contribution in [-0.4, -0.2) is 61.7 Å². The molecule has 0 saturated carbocycles. The fourth-order valence-electron chi connectivity index (χ4n) is 2.38. The average molecular weight is 327 g/mol. The van der Waals surface area contributed by atoms with E-state index in [4.69, 9.17) is 0 Å². The second kappa shape index (κ2) is 8.19. The van der Waals surface area contributed by atoms with Gasteiger partial charge in [-0.2, -0.15) is 0 Å². The maximum absolute atomic E-state index is 11.7. The van der Waals surface area contributed by atoms with Gasteiger partial charge in [0.1, 0.15) is 0 Å². The predicted molar refractivity (Wildman–Crippen MR) is 88.4 cm³/mol. The van der Waals surface area contributed by atoms with Crippen LogP contribution in [0.5, 0.6) is 0 Å². The van der Waals surface area contributed by atoms with Crippen LogP contribution in [-0.2, 0) is 16.6 Å². The SMILES string of the molecule is CCNC(=NCCN1CCCS1(=O)=O)NCCn1cccc1. The zero-order chi connectivity index (χ0) is 15.8. The highest BCUT2D eigenvalue weighted by Gasteiger charge is 2.27. The van der Waals surface area contributed by atoms with Crippen LogP contribution in [0.25, 0.3) is 0 Å². The molecule has 124 valence electrons. The van der Waals surface area contributed by atoms with Gasteiger partial charge in [-0.15, -0.1) is 0 Å². The molecule has 1 saturated heterocycles. The van der Waals surface area contributed by atoms with Crippen molar-refractivity contribution in [2.45, 2.75) is 19.9 Å². The van der Waals surface area contributed by atoms with Crippen molar-refractivity contribution in [1.82, 2.24) is 19.5 Å². The summed E-state index contributed by atoms with van der Waals surface area (Å²) in [5.41, 5.74) is 0. The van der Waals surface area contributed by atoms with Gasteiger partial charge in [-0.25, -0.2) is 12.7 Å². The first-order valence-corrected chi connectivity index (χ1v) is 9.33. The van der Waals surface area contributed by atoms with Gasteiger partial charge < -0.3 is 15.2 Å². The lowest BCUT2D eigenvalue weighted by atomic mass is 10.5. The summed E-state index contributed by atoms with van der Waals surface area (Å²) in [6.45, 7) is 5.95. The summed E-state index contributed by atoms with van der Waals surface area (Å²) in [7, 11) is -3.02. The van der Waals surface area contributed by atoms with Gasteiger partial charge in [0.05, 0.1) is 12.3 Å². The van der Waals surface area contributed by atoms with Crippen LogP contribution in [0.2, 0.25) is 0 Å². The van der Waals surface area contributed by atoms with Crippen molar-refractivity contribution < 1.29 is 8.42 Å². The van der Waals surface area contributed by atoms with E-state index in [1.54, 1.807) is 0 Å². The lowest BCUT2D eigenvalue weighted by Crippen LogP contribution is -2.39. The number of aromatic nitrogens is 1. The van der Waals surface area contributed by atoms with Crippen molar-refractivity contribution in [3.63, 3.8) is 0 Å². The molecular weight excluding hydrogens is 302 g/mol. The van der Waals surface area contributed by atoms with E-state index in [-0.39, 0.29) is 5.75 Å². The minimum absolute atomic E-state index is 0.270. The van der Waals surface area contributed by atoms with Crippen molar-refractivity contribution in [2.75, 3.05) is 38.5 Å². The van der Waals surface area contributed by atoms with Crippen molar-refractivity contribution in [3.05, 3.63) is 24.5 Å². The Bertz CT molecular complexity index is 568. The summed E-state index contributed by atoms with van der Waals surface area (Å²) in [5, 5.41) is 6.43. The first-order valence-electron chi connectivity index (χ1n) is 7.72. The Kier molecular flexibility index (Phi) is 6.26. The summed E-state index contributed by atoms with van der Waals surface area (Å²) in [6, 6.07) is 3.99. The molecule has 7 nitrogen and oxygen atoms in total. The molecule has 2 N–H and O–H groups in total. The Balaban J connectivity index is 1.76. The molecule has 0 aliphatic carbocycles. The Morgan fingerprint density at radius 2 is 2.00 bits per heavy atom. The van der Waals surface area contributed by atoms with Crippen LogP contribution in [0.4, 0.5) is 0 Å². The van der Waals surface area contributed by atoms with Gasteiger partial charge in [-0.3, -0.25) is 4.99 Å². The molecule has 0 radical (unpaired) electrons. The zero-order valence-corrected chi connectivity index (χ0v) is 13.8. The summed E-state index contributed by atoms with van der Waals surface area (Å²) in [4.78, 5) is 4.44. The molecule has 0 aromatic carbocycles. The van der Waals surface area contributed by atoms with Crippen LogP contribution in [0.15, 0.2) is 29.5 Å². The molecule has 1 aliphatic heterocycles. The molecule has 2 heterocycles. The number of hydrogen-bond donors (Lipinski definition) is 2. The molecule has 0 amide bonds. The largest absolute Gasteiger partial charge is 0.357 e. The number of nitrogens with zero attached hydrogens (tertiary/aromatic N) is 3. The molecule has 2 rings (SSSR count).